The van der Waals surface area contributed by atoms with E-state index in [0.29, 0.717) is 23.0 Å². The number of carbonyl (C=O) groups is 1. The molecule has 1 aromatic heterocycles. The highest BCUT2D eigenvalue weighted by Crippen LogP contribution is 2.29. The van der Waals surface area contributed by atoms with E-state index in [1.807, 2.05) is 18.2 Å². The molecule has 3 aromatic rings. The lowest BCUT2D eigenvalue weighted by Gasteiger charge is -2.11. The zero-order valence-corrected chi connectivity index (χ0v) is 16.0. The Labute approximate surface area is 163 Å². The SMILES string of the molecule is CCc1ccccc1Nc1cnc(C(=O)Nc2ccc(OC)c(OC)c2)cn1. The van der Waals surface area contributed by atoms with Crippen LogP contribution in [0.25, 0.3) is 0 Å². The van der Waals surface area contributed by atoms with Gasteiger partial charge in [0.05, 0.1) is 26.6 Å². The van der Waals surface area contributed by atoms with Gasteiger partial charge in [-0.05, 0) is 30.2 Å². The van der Waals surface area contributed by atoms with Crippen LogP contribution in [0.4, 0.5) is 17.2 Å². The molecule has 0 spiro atoms. The second kappa shape index (κ2) is 8.85. The Morgan fingerprint density at radius 3 is 2.46 bits per heavy atom. The van der Waals surface area contributed by atoms with Crippen LogP contribution in [0.15, 0.2) is 54.9 Å². The molecular weight excluding hydrogens is 356 g/mol. The fourth-order valence-electron chi connectivity index (χ4n) is 2.71. The first-order chi connectivity index (χ1) is 13.6. The van der Waals surface area contributed by atoms with Crippen LogP contribution in [0.3, 0.4) is 0 Å². The Morgan fingerprint density at radius 1 is 1.00 bits per heavy atom. The van der Waals surface area contributed by atoms with Crippen molar-refractivity contribution in [3.63, 3.8) is 0 Å². The van der Waals surface area contributed by atoms with Crippen LogP contribution in [-0.4, -0.2) is 30.1 Å². The number of benzene rings is 2. The van der Waals surface area contributed by atoms with Crippen LogP contribution in [0.5, 0.6) is 11.5 Å². The lowest BCUT2D eigenvalue weighted by atomic mass is 10.1. The standard InChI is InChI=1S/C21H22N4O3/c1-4-14-7-5-6-8-16(14)25-20-13-22-17(12-23-20)21(26)24-15-9-10-18(27-2)19(11-15)28-3/h5-13H,4H2,1-3H3,(H,23,25)(H,24,26). The molecule has 1 heterocycles. The molecule has 0 aliphatic carbocycles. The molecule has 0 unspecified atom stereocenters. The third kappa shape index (κ3) is 4.37. The number of hydrogen-bond acceptors (Lipinski definition) is 6. The van der Waals surface area contributed by atoms with Gasteiger partial charge in [0.15, 0.2) is 11.5 Å². The first-order valence-corrected chi connectivity index (χ1v) is 8.85. The molecular formula is C21H22N4O3. The van der Waals surface area contributed by atoms with Gasteiger partial charge in [-0.15, -0.1) is 0 Å². The molecule has 0 aliphatic rings. The zero-order chi connectivity index (χ0) is 19.9. The lowest BCUT2D eigenvalue weighted by Crippen LogP contribution is -2.14. The van der Waals surface area contributed by atoms with Crippen molar-refractivity contribution in [2.24, 2.45) is 0 Å². The number of amides is 1. The number of hydrogen-bond donors (Lipinski definition) is 2. The number of ether oxygens (including phenoxy) is 2. The number of rotatable bonds is 7. The number of aryl methyl sites for hydroxylation is 1. The molecule has 2 aromatic carbocycles. The topological polar surface area (TPSA) is 85.4 Å². The van der Waals surface area contributed by atoms with E-state index in [1.54, 1.807) is 25.3 Å². The molecule has 1 amide bonds. The highest BCUT2D eigenvalue weighted by molar-refractivity contribution is 6.02. The lowest BCUT2D eigenvalue weighted by molar-refractivity contribution is 0.102. The summed E-state index contributed by atoms with van der Waals surface area (Å²) in [5.74, 6) is 1.33. The summed E-state index contributed by atoms with van der Waals surface area (Å²) in [5, 5.41) is 6.01. The first kappa shape index (κ1) is 19.2. The predicted molar refractivity (Wildman–Crippen MR) is 109 cm³/mol. The molecule has 2 N–H and O–H groups in total. The Kier molecular flexibility index (Phi) is 6.06. The van der Waals surface area contributed by atoms with Crippen LogP contribution >= 0.6 is 0 Å². The van der Waals surface area contributed by atoms with Gasteiger partial charge in [-0.2, -0.15) is 0 Å². The van der Waals surface area contributed by atoms with Crippen molar-refractivity contribution in [1.82, 2.24) is 9.97 Å². The molecule has 144 valence electrons. The van der Waals surface area contributed by atoms with Gasteiger partial charge >= 0.3 is 0 Å². The Bertz CT molecular complexity index is 958. The fourth-order valence-corrected chi connectivity index (χ4v) is 2.71. The average molecular weight is 378 g/mol. The molecule has 7 heteroatoms. The molecule has 28 heavy (non-hydrogen) atoms. The minimum absolute atomic E-state index is 0.212. The van der Waals surface area contributed by atoms with Gasteiger partial charge in [-0.1, -0.05) is 25.1 Å². The van der Waals surface area contributed by atoms with Gasteiger partial charge in [0.1, 0.15) is 11.5 Å². The maximum atomic E-state index is 12.4. The van der Waals surface area contributed by atoms with E-state index in [4.69, 9.17) is 9.47 Å². The number of nitrogens with zero attached hydrogens (tertiary/aromatic N) is 2. The molecule has 3 rings (SSSR count). The Balaban J connectivity index is 1.70. The van der Waals surface area contributed by atoms with Gasteiger partial charge in [-0.25, -0.2) is 9.97 Å². The number of anilines is 3. The van der Waals surface area contributed by atoms with E-state index < -0.39 is 0 Å². The van der Waals surface area contributed by atoms with Gasteiger partial charge in [0.2, 0.25) is 0 Å². The smallest absolute Gasteiger partial charge is 0.275 e. The monoisotopic (exact) mass is 378 g/mol. The van der Waals surface area contributed by atoms with Crippen LogP contribution < -0.4 is 20.1 Å². The molecule has 0 saturated carbocycles. The Hall–Kier alpha value is -3.61. The van der Waals surface area contributed by atoms with Gasteiger partial charge in [-0.3, -0.25) is 4.79 Å². The van der Waals surface area contributed by atoms with Crippen molar-refractivity contribution in [2.45, 2.75) is 13.3 Å². The maximum absolute atomic E-state index is 12.4. The normalized spacial score (nSPS) is 10.2. The summed E-state index contributed by atoms with van der Waals surface area (Å²) in [6.45, 7) is 2.09. The summed E-state index contributed by atoms with van der Waals surface area (Å²) in [5.41, 5.74) is 2.94. The molecule has 0 atom stereocenters. The number of aromatic nitrogens is 2. The van der Waals surface area contributed by atoms with E-state index in [2.05, 4.69) is 33.6 Å². The highest BCUT2D eigenvalue weighted by atomic mass is 16.5. The zero-order valence-electron chi connectivity index (χ0n) is 16.0. The van der Waals surface area contributed by atoms with Gasteiger partial charge in [0.25, 0.3) is 5.91 Å². The molecule has 7 nitrogen and oxygen atoms in total. The molecule has 0 aliphatic heterocycles. The van der Waals surface area contributed by atoms with Crippen molar-refractivity contribution in [1.29, 1.82) is 0 Å². The summed E-state index contributed by atoms with van der Waals surface area (Å²) in [7, 11) is 3.09. The molecule has 0 bridgehead atoms. The Morgan fingerprint density at radius 2 is 1.79 bits per heavy atom. The summed E-state index contributed by atoms with van der Waals surface area (Å²) in [4.78, 5) is 20.9. The number of carbonyl (C=O) groups excluding carboxylic acids is 1. The van der Waals surface area contributed by atoms with Crippen molar-refractivity contribution < 1.29 is 14.3 Å². The van der Waals surface area contributed by atoms with E-state index in [0.717, 1.165) is 12.1 Å². The third-order valence-electron chi connectivity index (χ3n) is 4.19. The predicted octanol–water partition coefficient (Wildman–Crippen LogP) is 4.05. The van der Waals surface area contributed by atoms with Gasteiger partial charge in [0, 0.05) is 17.4 Å². The second-order valence-corrected chi connectivity index (χ2v) is 5.95. The van der Waals surface area contributed by atoms with Crippen LogP contribution in [0, 0.1) is 0 Å². The van der Waals surface area contributed by atoms with Crippen molar-refractivity contribution in [3.05, 3.63) is 66.1 Å². The number of nitrogens with one attached hydrogen (secondary N) is 2. The minimum Gasteiger partial charge on any atom is -0.493 e. The van der Waals surface area contributed by atoms with Crippen molar-refractivity contribution in [3.8, 4) is 11.5 Å². The minimum atomic E-state index is -0.361. The number of methoxy groups -OCH3 is 2. The first-order valence-electron chi connectivity index (χ1n) is 8.85. The maximum Gasteiger partial charge on any atom is 0.275 e. The van der Waals surface area contributed by atoms with E-state index in [9.17, 15) is 4.79 Å². The van der Waals surface area contributed by atoms with Crippen LogP contribution in [0.1, 0.15) is 23.0 Å². The van der Waals surface area contributed by atoms with Crippen LogP contribution in [0.2, 0.25) is 0 Å². The molecule has 0 radical (unpaired) electrons. The highest BCUT2D eigenvalue weighted by Gasteiger charge is 2.11. The van der Waals surface area contributed by atoms with Crippen molar-refractivity contribution in [2.75, 3.05) is 24.9 Å². The van der Waals surface area contributed by atoms with Crippen LogP contribution in [-0.2, 0) is 6.42 Å². The summed E-state index contributed by atoms with van der Waals surface area (Å²) >= 11 is 0. The average Bonchev–Trinajstić information content (AvgIpc) is 2.74. The van der Waals surface area contributed by atoms with E-state index in [-0.39, 0.29) is 11.6 Å². The third-order valence-corrected chi connectivity index (χ3v) is 4.19. The van der Waals surface area contributed by atoms with Crippen molar-refractivity contribution >= 4 is 23.1 Å². The summed E-state index contributed by atoms with van der Waals surface area (Å²) in [6, 6.07) is 13.1. The summed E-state index contributed by atoms with van der Waals surface area (Å²) in [6.07, 6.45) is 3.88. The fraction of sp³-hybridized carbons (Fsp3) is 0.190. The van der Waals surface area contributed by atoms with E-state index in [1.165, 1.54) is 25.1 Å². The number of para-hydroxylation sites is 1. The second-order valence-electron chi connectivity index (χ2n) is 5.95. The quantitative estimate of drug-likeness (QED) is 0.645. The van der Waals surface area contributed by atoms with Gasteiger partial charge < -0.3 is 20.1 Å². The largest absolute Gasteiger partial charge is 0.493 e. The van der Waals surface area contributed by atoms with E-state index >= 15 is 0 Å². The molecule has 0 saturated heterocycles. The molecule has 0 fully saturated rings. The summed E-state index contributed by atoms with van der Waals surface area (Å²) < 4.78 is 10.4.